The van der Waals surface area contributed by atoms with Crippen LogP contribution in [-0.2, 0) is 11.2 Å². The van der Waals surface area contributed by atoms with Crippen LogP contribution in [0.1, 0.15) is 19.2 Å². The molecule has 30 heavy (non-hydrogen) atoms. The summed E-state index contributed by atoms with van der Waals surface area (Å²) in [7, 11) is 0. The van der Waals surface area contributed by atoms with Crippen molar-refractivity contribution >= 4 is 17.3 Å². The summed E-state index contributed by atoms with van der Waals surface area (Å²) < 4.78 is 5.28. The van der Waals surface area contributed by atoms with Gasteiger partial charge in [0, 0.05) is 57.0 Å². The van der Waals surface area contributed by atoms with Crippen molar-refractivity contribution in [1.82, 2.24) is 20.0 Å². The van der Waals surface area contributed by atoms with E-state index >= 15 is 0 Å². The Balaban J connectivity index is 1.34. The average molecular weight is 406 g/mol. The fraction of sp³-hybridized carbons (Fsp3) is 0.364. The van der Waals surface area contributed by atoms with E-state index in [1.165, 1.54) is 0 Å². The van der Waals surface area contributed by atoms with Gasteiger partial charge in [0.25, 0.3) is 0 Å². The van der Waals surface area contributed by atoms with Gasteiger partial charge in [0.2, 0.25) is 17.6 Å². The second kappa shape index (κ2) is 9.49. The van der Waals surface area contributed by atoms with Gasteiger partial charge in [0.15, 0.2) is 0 Å². The molecule has 1 fully saturated rings. The molecule has 2 aromatic heterocycles. The number of para-hydroxylation sites is 2. The molecule has 1 N–H and O–H groups in total. The van der Waals surface area contributed by atoms with Gasteiger partial charge in [0.05, 0.1) is 11.4 Å². The number of carbonyl (C=O) groups is 1. The number of amides is 1. The van der Waals surface area contributed by atoms with Crippen molar-refractivity contribution in [2.75, 3.05) is 42.9 Å². The largest absolute Gasteiger partial charge is 0.367 e. The normalized spacial score (nSPS) is 14.6. The molecule has 0 saturated carbocycles. The summed E-state index contributed by atoms with van der Waals surface area (Å²) in [5, 5.41) is 7.03. The van der Waals surface area contributed by atoms with Gasteiger partial charge in [-0.25, -0.2) is 0 Å². The van der Waals surface area contributed by atoms with Crippen molar-refractivity contribution in [2.45, 2.75) is 19.8 Å². The molecule has 0 unspecified atom stereocenters. The van der Waals surface area contributed by atoms with E-state index in [0.717, 1.165) is 49.7 Å². The van der Waals surface area contributed by atoms with Gasteiger partial charge in [-0.15, -0.1) is 0 Å². The maximum Gasteiger partial charge on any atom is 0.227 e. The highest BCUT2D eigenvalue weighted by atomic mass is 16.5. The summed E-state index contributed by atoms with van der Waals surface area (Å²) in [6.07, 6.45) is 4.02. The fourth-order valence-electron chi connectivity index (χ4n) is 3.57. The first-order chi connectivity index (χ1) is 14.7. The Hall–Kier alpha value is -3.26. The van der Waals surface area contributed by atoms with E-state index < -0.39 is 0 Å². The second-order valence-corrected chi connectivity index (χ2v) is 7.23. The number of likely N-dealkylation sites (N-methyl/N-ethyl adjacent to an activating group) is 1. The Morgan fingerprint density at radius 1 is 1.10 bits per heavy atom. The number of hydrogen-bond donors (Lipinski definition) is 1. The van der Waals surface area contributed by atoms with Crippen molar-refractivity contribution < 1.29 is 9.32 Å². The van der Waals surface area contributed by atoms with Crippen LogP contribution < -0.4 is 10.2 Å². The van der Waals surface area contributed by atoms with Gasteiger partial charge < -0.3 is 19.6 Å². The van der Waals surface area contributed by atoms with E-state index in [4.69, 9.17) is 4.52 Å². The maximum atomic E-state index is 12.6. The molecule has 1 amide bonds. The molecule has 1 aliphatic rings. The predicted octanol–water partition coefficient (Wildman–Crippen LogP) is 2.84. The van der Waals surface area contributed by atoms with Crippen LogP contribution in [0.15, 0.2) is 53.3 Å². The molecule has 1 saturated heterocycles. The Kier molecular flexibility index (Phi) is 6.34. The Labute approximate surface area is 175 Å². The van der Waals surface area contributed by atoms with Crippen molar-refractivity contribution in [3.63, 3.8) is 0 Å². The molecular formula is C22H26N6O2. The number of aromatic nitrogens is 3. The van der Waals surface area contributed by atoms with E-state index in [2.05, 4.69) is 43.2 Å². The summed E-state index contributed by atoms with van der Waals surface area (Å²) in [4.78, 5) is 25.7. The van der Waals surface area contributed by atoms with Gasteiger partial charge in [-0.05, 0) is 30.8 Å². The molecule has 8 nitrogen and oxygen atoms in total. The van der Waals surface area contributed by atoms with Gasteiger partial charge in [-0.2, -0.15) is 4.98 Å². The van der Waals surface area contributed by atoms with Crippen molar-refractivity contribution in [3.8, 4) is 11.4 Å². The van der Waals surface area contributed by atoms with Crippen molar-refractivity contribution in [3.05, 3.63) is 54.7 Å². The second-order valence-electron chi connectivity index (χ2n) is 7.23. The number of benzene rings is 1. The first-order valence-corrected chi connectivity index (χ1v) is 10.3. The highest BCUT2D eigenvalue weighted by Gasteiger charge is 2.19. The van der Waals surface area contributed by atoms with Crippen molar-refractivity contribution in [1.29, 1.82) is 0 Å². The molecule has 0 aliphatic carbocycles. The number of piperazine rings is 1. The number of nitrogens with one attached hydrogen (secondary N) is 1. The Morgan fingerprint density at radius 3 is 2.63 bits per heavy atom. The molecule has 0 spiro atoms. The zero-order valence-corrected chi connectivity index (χ0v) is 17.1. The van der Waals surface area contributed by atoms with E-state index in [0.29, 0.717) is 18.1 Å². The summed E-state index contributed by atoms with van der Waals surface area (Å²) in [5.74, 6) is 0.878. The molecule has 1 aliphatic heterocycles. The first-order valence-electron chi connectivity index (χ1n) is 10.3. The molecule has 1 aromatic carbocycles. The predicted molar refractivity (Wildman–Crippen MR) is 115 cm³/mol. The Morgan fingerprint density at radius 2 is 1.87 bits per heavy atom. The number of rotatable bonds is 7. The number of hydrogen-bond acceptors (Lipinski definition) is 7. The van der Waals surface area contributed by atoms with Crippen LogP contribution in [0.25, 0.3) is 11.4 Å². The van der Waals surface area contributed by atoms with E-state index in [9.17, 15) is 4.79 Å². The monoisotopic (exact) mass is 406 g/mol. The van der Waals surface area contributed by atoms with Crippen LogP contribution in [0.3, 0.4) is 0 Å². The van der Waals surface area contributed by atoms with Crippen LogP contribution in [0.2, 0.25) is 0 Å². The quantitative estimate of drug-likeness (QED) is 0.645. The summed E-state index contributed by atoms with van der Waals surface area (Å²) >= 11 is 0. The average Bonchev–Trinajstić information content (AvgIpc) is 3.28. The van der Waals surface area contributed by atoms with Crippen LogP contribution in [0.4, 0.5) is 11.4 Å². The van der Waals surface area contributed by atoms with E-state index in [-0.39, 0.29) is 12.3 Å². The molecule has 0 atom stereocenters. The lowest BCUT2D eigenvalue weighted by molar-refractivity contribution is -0.116. The van der Waals surface area contributed by atoms with Crippen LogP contribution in [0, 0.1) is 0 Å². The van der Waals surface area contributed by atoms with E-state index in [1.54, 1.807) is 12.4 Å². The third kappa shape index (κ3) is 4.83. The molecular weight excluding hydrogens is 380 g/mol. The minimum Gasteiger partial charge on any atom is -0.367 e. The zero-order valence-electron chi connectivity index (χ0n) is 17.1. The van der Waals surface area contributed by atoms with Crippen LogP contribution in [0.5, 0.6) is 0 Å². The summed E-state index contributed by atoms with van der Waals surface area (Å²) in [6, 6.07) is 11.6. The lowest BCUT2D eigenvalue weighted by Crippen LogP contribution is -2.46. The van der Waals surface area contributed by atoms with Gasteiger partial charge in [0.1, 0.15) is 0 Å². The third-order valence-electron chi connectivity index (χ3n) is 5.31. The van der Waals surface area contributed by atoms with Crippen LogP contribution in [-0.4, -0.2) is 58.7 Å². The number of carbonyl (C=O) groups excluding carboxylic acids is 1. The fourth-order valence-corrected chi connectivity index (χ4v) is 3.57. The molecule has 3 aromatic rings. The van der Waals surface area contributed by atoms with Gasteiger partial charge in [-0.3, -0.25) is 9.78 Å². The molecule has 8 heteroatoms. The maximum absolute atomic E-state index is 12.6. The molecule has 0 radical (unpaired) electrons. The minimum atomic E-state index is -0.0710. The summed E-state index contributed by atoms with van der Waals surface area (Å²) in [5.41, 5.74) is 2.75. The molecule has 0 bridgehead atoms. The van der Waals surface area contributed by atoms with Crippen molar-refractivity contribution in [2.24, 2.45) is 0 Å². The minimum absolute atomic E-state index is 0.0710. The lowest BCUT2D eigenvalue weighted by Gasteiger charge is -2.36. The summed E-state index contributed by atoms with van der Waals surface area (Å²) in [6.45, 7) is 7.25. The highest BCUT2D eigenvalue weighted by Crippen LogP contribution is 2.27. The first kappa shape index (κ1) is 20.0. The zero-order chi connectivity index (χ0) is 20.8. The third-order valence-corrected chi connectivity index (χ3v) is 5.31. The highest BCUT2D eigenvalue weighted by molar-refractivity contribution is 5.94. The molecule has 156 valence electrons. The lowest BCUT2D eigenvalue weighted by atomic mass is 10.2. The number of aryl methyl sites for hydroxylation is 1. The smallest absolute Gasteiger partial charge is 0.227 e. The topological polar surface area (TPSA) is 87.4 Å². The SMILES string of the molecule is CCN1CCN(c2ccccc2NC(=O)CCc2nc(-c3ccncc3)no2)CC1. The number of pyridine rings is 1. The molecule has 4 rings (SSSR count). The van der Waals surface area contributed by atoms with Crippen LogP contribution >= 0.6 is 0 Å². The molecule has 3 heterocycles. The standard InChI is InChI=1S/C22H26N6O2/c1-2-27-13-15-28(16-14-27)19-6-4-3-5-18(19)24-20(29)7-8-21-25-22(26-30-21)17-9-11-23-12-10-17/h3-6,9-12H,2,7-8,13-16H2,1H3,(H,24,29). The van der Waals surface area contributed by atoms with Gasteiger partial charge >= 0.3 is 0 Å². The van der Waals surface area contributed by atoms with E-state index in [1.807, 2.05) is 30.3 Å². The number of nitrogens with zero attached hydrogens (tertiary/aromatic N) is 5. The number of anilines is 2. The van der Waals surface area contributed by atoms with Gasteiger partial charge in [-0.1, -0.05) is 24.2 Å². The Bertz CT molecular complexity index is 967.